The van der Waals surface area contributed by atoms with Crippen LogP contribution in [0.3, 0.4) is 0 Å². The molecule has 88 valence electrons. The summed E-state index contributed by atoms with van der Waals surface area (Å²) in [6.07, 6.45) is 7.09. The normalized spacial score (nSPS) is 37.8. The topological polar surface area (TPSA) is 0 Å². The van der Waals surface area contributed by atoms with E-state index in [1.165, 1.54) is 25.7 Å². The minimum Gasteiger partial charge on any atom is -0.207 e. The van der Waals surface area contributed by atoms with Gasteiger partial charge in [-0.3, -0.25) is 0 Å². The summed E-state index contributed by atoms with van der Waals surface area (Å²) in [7, 11) is 0. The molecule has 0 aromatic carbocycles. The molecule has 2 fully saturated rings. The number of halogens is 2. The minimum absolute atomic E-state index is 0.140. The van der Waals surface area contributed by atoms with E-state index >= 15 is 0 Å². The van der Waals surface area contributed by atoms with Crippen LogP contribution in [0.4, 0.5) is 8.78 Å². The Bertz CT molecular complexity index is 203. The Morgan fingerprint density at radius 3 is 2.13 bits per heavy atom. The standard InChI is InChI=1S/C13H22F2/c1-10-4-2-3-5-12(10)11-6-8-13(14,15)9-7-11/h10-12H,2-9H2,1H3. The van der Waals surface area contributed by atoms with Crippen molar-refractivity contribution < 1.29 is 8.78 Å². The molecule has 0 nitrogen and oxygen atoms in total. The summed E-state index contributed by atoms with van der Waals surface area (Å²) in [4.78, 5) is 0. The number of alkyl halides is 2. The van der Waals surface area contributed by atoms with Gasteiger partial charge in [0.1, 0.15) is 0 Å². The van der Waals surface area contributed by atoms with Crippen LogP contribution in [-0.4, -0.2) is 5.92 Å². The smallest absolute Gasteiger partial charge is 0.207 e. The SMILES string of the molecule is CC1CCCCC1C1CCC(F)(F)CC1. The lowest BCUT2D eigenvalue weighted by Crippen LogP contribution is -2.32. The number of hydrogen-bond donors (Lipinski definition) is 0. The van der Waals surface area contributed by atoms with E-state index in [0.717, 1.165) is 24.7 Å². The third-order valence-electron chi connectivity index (χ3n) is 4.55. The Morgan fingerprint density at radius 1 is 0.933 bits per heavy atom. The highest BCUT2D eigenvalue weighted by molar-refractivity contribution is 4.85. The van der Waals surface area contributed by atoms with Gasteiger partial charge >= 0.3 is 0 Å². The average molecular weight is 216 g/mol. The Morgan fingerprint density at radius 2 is 1.53 bits per heavy atom. The van der Waals surface area contributed by atoms with Crippen LogP contribution in [0.25, 0.3) is 0 Å². The fourth-order valence-corrected chi connectivity index (χ4v) is 3.54. The molecular weight excluding hydrogens is 194 g/mol. The van der Waals surface area contributed by atoms with Gasteiger partial charge in [-0.05, 0) is 37.0 Å². The maximum atomic E-state index is 13.0. The first-order valence-electron chi connectivity index (χ1n) is 6.46. The molecule has 0 aromatic heterocycles. The van der Waals surface area contributed by atoms with Crippen molar-refractivity contribution in [1.82, 2.24) is 0 Å². The fraction of sp³-hybridized carbons (Fsp3) is 1.00. The van der Waals surface area contributed by atoms with Gasteiger partial charge in [-0.15, -0.1) is 0 Å². The maximum Gasteiger partial charge on any atom is 0.248 e. The van der Waals surface area contributed by atoms with Crippen molar-refractivity contribution in [3.63, 3.8) is 0 Å². The molecule has 2 rings (SSSR count). The van der Waals surface area contributed by atoms with Gasteiger partial charge in [-0.25, -0.2) is 8.78 Å². The molecule has 2 atom stereocenters. The molecule has 0 aromatic rings. The molecule has 0 bridgehead atoms. The third kappa shape index (κ3) is 2.70. The van der Waals surface area contributed by atoms with Gasteiger partial charge in [-0.2, -0.15) is 0 Å². The Labute approximate surface area is 91.4 Å². The van der Waals surface area contributed by atoms with E-state index < -0.39 is 5.92 Å². The van der Waals surface area contributed by atoms with E-state index in [9.17, 15) is 8.78 Å². The van der Waals surface area contributed by atoms with Gasteiger partial charge in [0.15, 0.2) is 0 Å². The Hall–Kier alpha value is -0.140. The molecule has 0 spiro atoms. The van der Waals surface area contributed by atoms with E-state index in [0.29, 0.717) is 5.92 Å². The van der Waals surface area contributed by atoms with E-state index in [4.69, 9.17) is 0 Å². The first kappa shape index (κ1) is 11.3. The van der Waals surface area contributed by atoms with E-state index in [1.807, 2.05) is 0 Å². The van der Waals surface area contributed by atoms with Crippen LogP contribution in [0, 0.1) is 17.8 Å². The molecule has 2 aliphatic rings. The summed E-state index contributed by atoms with van der Waals surface area (Å²) in [6, 6.07) is 0. The second-order valence-electron chi connectivity index (χ2n) is 5.62. The molecule has 15 heavy (non-hydrogen) atoms. The van der Waals surface area contributed by atoms with Crippen LogP contribution in [-0.2, 0) is 0 Å². The van der Waals surface area contributed by atoms with Crippen molar-refractivity contribution in [2.45, 2.75) is 64.2 Å². The van der Waals surface area contributed by atoms with Gasteiger partial charge in [0.25, 0.3) is 0 Å². The molecule has 0 radical (unpaired) electrons. The summed E-state index contributed by atoms with van der Waals surface area (Å²) in [5, 5.41) is 0. The number of rotatable bonds is 1. The van der Waals surface area contributed by atoms with Gasteiger partial charge < -0.3 is 0 Å². The zero-order valence-corrected chi connectivity index (χ0v) is 9.64. The Kier molecular flexibility index (Phi) is 3.32. The number of hydrogen-bond acceptors (Lipinski definition) is 0. The average Bonchev–Trinajstić information content (AvgIpc) is 2.19. The zero-order valence-electron chi connectivity index (χ0n) is 9.64. The summed E-state index contributed by atoms with van der Waals surface area (Å²) in [6.45, 7) is 2.32. The predicted molar refractivity (Wildman–Crippen MR) is 58.0 cm³/mol. The second-order valence-corrected chi connectivity index (χ2v) is 5.62. The Balaban J connectivity index is 1.89. The predicted octanol–water partition coefficient (Wildman–Crippen LogP) is 4.64. The lowest BCUT2D eigenvalue weighted by molar-refractivity contribution is -0.0577. The molecule has 0 amide bonds. The van der Waals surface area contributed by atoms with Crippen LogP contribution in [0.5, 0.6) is 0 Å². The summed E-state index contributed by atoms with van der Waals surface area (Å²) >= 11 is 0. The quantitative estimate of drug-likeness (QED) is 0.599. The molecule has 0 heterocycles. The van der Waals surface area contributed by atoms with E-state index in [-0.39, 0.29) is 12.8 Å². The molecule has 2 heteroatoms. The van der Waals surface area contributed by atoms with Crippen LogP contribution in [0.15, 0.2) is 0 Å². The van der Waals surface area contributed by atoms with Gasteiger partial charge in [0.2, 0.25) is 5.92 Å². The highest BCUT2D eigenvalue weighted by Gasteiger charge is 2.39. The van der Waals surface area contributed by atoms with Crippen LogP contribution < -0.4 is 0 Å². The highest BCUT2D eigenvalue weighted by atomic mass is 19.3. The fourth-order valence-electron chi connectivity index (χ4n) is 3.54. The molecule has 0 saturated heterocycles. The maximum absolute atomic E-state index is 13.0. The highest BCUT2D eigenvalue weighted by Crippen LogP contribution is 2.45. The van der Waals surface area contributed by atoms with Crippen molar-refractivity contribution in [3.05, 3.63) is 0 Å². The van der Waals surface area contributed by atoms with Crippen molar-refractivity contribution in [1.29, 1.82) is 0 Å². The lowest BCUT2D eigenvalue weighted by Gasteiger charge is -2.39. The molecule has 0 N–H and O–H groups in total. The van der Waals surface area contributed by atoms with Crippen LogP contribution >= 0.6 is 0 Å². The second kappa shape index (κ2) is 4.39. The lowest BCUT2D eigenvalue weighted by atomic mass is 9.68. The van der Waals surface area contributed by atoms with Crippen LogP contribution in [0.2, 0.25) is 0 Å². The van der Waals surface area contributed by atoms with Crippen molar-refractivity contribution in [3.8, 4) is 0 Å². The molecule has 2 aliphatic carbocycles. The van der Waals surface area contributed by atoms with Crippen molar-refractivity contribution in [2.24, 2.45) is 17.8 Å². The van der Waals surface area contributed by atoms with E-state index in [2.05, 4.69) is 6.92 Å². The molecule has 2 saturated carbocycles. The van der Waals surface area contributed by atoms with Gasteiger partial charge in [-0.1, -0.05) is 26.2 Å². The monoisotopic (exact) mass is 216 g/mol. The first-order chi connectivity index (χ1) is 7.08. The van der Waals surface area contributed by atoms with Crippen molar-refractivity contribution in [2.75, 3.05) is 0 Å². The molecular formula is C13H22F2. The van der Waals surface area contributed by atoms with Crippen molar-refractivity contribution >= 4 is 0 Å². The first-order valence-corrected chi connectivity index (χ1v) is 6.46. The third-order valence-corrected chi connectivity index (χ3v) is 4.55. The van der Waals surface area contributed by atoms with Crippen LogP contribution in [0.1, 0.15) is 58.3 Å². The zero-order chi connectivity index (χ0) is 10.9. The summed E-state index contributed by atoms with van der Waals surface area (Å²) < 4.78 is 26.1. The van der Waals surface area contributed by atoms with Gasteiger partial charge in [0.05, 0.1) is 0 Å². The summed E-state index contributed by atoms with van der Waals surface area (Å²) in [5.41, 5.74) is 0. The summed E-state index contributed by atoms with van der Waals surface area (Å²) in [5.74, 6) is -0.237. The van der Waals surface area contributed by atoms with E-state index in [1.54, 1.807) is 0 Å². The van der Waals surface area contributed by atoms with Gasteiger partial charge in [0, 0.05) is 12.8 Å². The molecule has 2 unspecified atom stereocenters. The largest absolute Gasteiger partial charge is 0.248 e. The molecule has 0 aliphatic heterocycles. The minimum atomic E-state index is -2.35.